The number of hydrogen-bond donors (Lipinski definition) is 0. The minimum Gasteiger partial charge on any atom is -0.493 e. The molecule has 0 aliphatic heterocycles. The monoisotopic (exact) mass is 419 g/mol. The zero-order chi connectivity index (χ0) is 22.1. The van der Waals surface area contributed by atoms with E-state index in [9.17, 15) is 14.0 Å². The topological polar surface area (TPSA) is 74.3 Å². The maximum Gasteiger partial charge on any atom is 0.306 e. The van der Waals surface area contributed by atoms with Crippen molar-refractivity contribution >= 4 is 17.6 Å². The molecule has 7 nitrogen and oxygen atoms in total. The third kappa shape index (κ3) is 5.85. The van der Waals surface area contributed by atoms with Crippen LogP contribution in [0.5, 0.6) is 17.2 Å². The van der Waals surface area contributed by atoms with Crippen molar-refractivity contribution in [3.05, 3.63) is 47.8 Å². The molecule has 0 atom stereocenters. The number of likely N-dealkylation sites (N-methyl/N-ethyl adjacent to an activating group) is 1. The number of carbonyl (C=O) groups excluding carboxylic acids is 2. The maximum atomic E-state index is 13.1. The molecule has 1 amide bonds. The molecule has 0 aliphatic rings. The zero-order valence-corrected chi connectivity index (χ0v) is 17.6. The SMILES string of the molecule is CCN(C(=O)COC(=O)CCc1cc(OC)c(OC)c(OC)c1)c1ccc(F)cc1. The number of rotatable bonds is 10. The minimum atomic E-state index is -0.507. The van der Waals surface area contributed by atoms with Crippen molar-refractivity contribution in [2.45, 2.75) is 19.8 Å². The van der Waals surface area contributed by atoms with E-state index in [1.54, 1.807) is 19.1 Å². The van der Waals surface area contributed by atoms with E-state index in [4.69, 9.17) is 18.9 Å². The summed E-state index contributed by atoms with van der Waals surface area (Å²) in [6.07, 6.45) is 0.452. The van der Waals surface area contributed by atoms with E-state index in [1.165, 1.54) is 50.5 Å². The number of nitrogens with zero attached hydrogens (tertiary/aromatic N) is 1. The van der Waals surface area contributed by atoms with Crippen LogP contribution in [0.15, 0.2) is 36.4 Å². The van der Waals surface area contributed by atoms with Crippen molar-refractivity contribution < 1.29 is 32.9 Å². The number of esters is 1. The van der Waals surface area contributed by atoms with Gasteiger partial charge in [-0.15, -0.1) is 0 Å². The second-order valence-electron chi connectivity index (χ2n) is 6.31. The molecule has 162 valence electrons. The molecule has 2 rings (SSSR count). The molecule has 0 radical (unpaired) electrons. The second-order valence-corrected chi connectivity index (χ2v) is 6.31. The van der Waals surface area contributed by atoms with E-state index < -0.39 is 5.97 Å². The quantitative estimate of drug-likeness (QED) is 0.550. The fourth-order valence-corrected chi connectivity index (χ4v) is 2.94. The van der Waals surface area contributed by atoms with Gasteiger partial charge in [0.2, 0.25) is 5.75 Å². The van der Waals surface area contributed by atoms with E-state index in [2.05, 4.69) is 0 Å². The Hall–Kier alpha value is -3.29. The first-order valence-corrected chi connectivity index (χ1v) is 9.43. The van der Waals surface area contributed by atoms with Crippen LogP contribution in [0.1, 0.15) is 18.9 Å². The highest BCUT2D eigenvalue weighted by molar-refractivity contribution is 5.95. The summed E-state index contributed by atoms with van der Waals surface area (Å²) in [5, 5.41) is 0. The first-order valence-electron chi connectivity index (χ1n) is 9.43. The number of halogens is 1. The molecule has 2 aromatic carbocycles. The summed E-state index contributed by atoms with van der Waals surface area (Å²) in [6, 6.07) is 9.07. The van der Waals surface area contributed by atoms with Crippen LogP contribution in [0.2, 0.25) is 0 Å². The number of carbonyl (C=O) groups is 2. The molecule has 0 unspecified atom stereocenters. The molecule has 0 aromatic heterocycles. The van der Waals surface area contributed by atoms with Crippen molar-refractivity contribution in [2.24, 2.45) is 0 Å². The van der Waals surface area contributed by atoms with Gasteiger partial charge in [-0.05, 0) is 55.3 Å². The predicted octanol–water partition coefficient (Wildman–Crippen LogP) is 3.38. The summed E-state index contributed by atoms with van der Waals surface area (Å²) < 4.78 is 34.1. The van der Waals surface area contributed by atoms with E-state index in [0.717, 1.165) is 5.56 Å². The summed E-state index contributed by atoms with van der Waals surface area (Å²) in [6.45, 7) is 1.76. The number of benzene rings is 2. The van der Waals surface area contributed by atoms with Crippen LogP contribution in [0.25, 0.3) is 0 Å². The molecular weight excluding hydrogens is 393 g/mol. The minimum absolute atomic E-state index is 0.0780. The lowest BCUT2D eigenvalue weighted by molar-refractivity contribution is -0.147. The molecule has 0 aliphatic carbocycles. The first kappa shape index (κ1) is 23.0. The van der Waals surface area contributed by atoms with Crippen LogP contribution in [0.4, 0.5) is 10.1 Å². The van der Waals surface area contributed by atoms with Gasteiger partial charge in [0.15, 0.2) is 18.1 Å². The molecule has 0 saturated carbocycles. The van der Waals surface area contributed by atoms with Crippen LogP contribution < -0.4 is 19.1 Å². The van der Waals surface area contributed by atoms with Crippen LogP contribution in [0, 0.1) is 5.82 Å². The Kier molecular flexibility index (Phi) is 8.46. The zero-order valence-electron chi connectivity index (χ0n) is 17.6. The number of anilines is 1. The standard InChI is InChI=1S/C22H26FNO6/c1-5-24(17-9-7-16(23)8-10-17)20(25)14-30-21(26)11-6-15-12-18(27-2)22(29-4)19(13-15)28-3/h7-10,12-13H,5-6,11,14H2,1-4H3. The fraction of sp³-hybridized carbons (Fsp3) is 0.364. The highest BCUT2D eigenvalue weighted by Gasteiger charge is 2.17. The van der Waals surface area contributed by atoms with E-state index in [1.807, 2.05) is 0 Å². The van der Waals surface area contributed by atoms with Crippen LogP contribution in [0.3, 0.4) is 0 Å². The molecule has 0 spiro atoms. The molecule has 0 saturated heterocycles. The Morgan fingerprint density at radius 3 is 2.07 bits per heavy atom. The Morgan fingerprint density at radius 2 is 1.57 bits per heavy atom. The number of hydrogen-bond acceptors (Lipinski definition) is 6. The van der Waals surface area contributed by atoms with Crippen LogP contribution in [-0.4, -0.2) is 46.4 Å². The molecule has 30 heavy (non-hydrogen) atoms. The lowest BCUT2D eigenvalue weighted by atomic mass is 10.1. The lowest BCUT2D eigenvalue weighted by Gasteiger charge is -2.20. The Balaban J connectivity index is 1.93. The molecule has 0 N–H and O–H groups in total. The molecule has 0 bridgehead atoms. The van der Waals surface area contributed by atoms with Gasteiger partial charge in [-0.1, -0.05) is 0 Å². The van der Waals surface area contributed by atoms with Gasteiger partial charge in [-0.25, -0.2) is 4.39 Å². The molecule has 0 fully saturated rings. The van der Waals surface area contributed by atoms with Gasteiger partial charge in [0.25, 0.3) is 5.91 Å². The van der Waals surface area contributed by atoms with Gasteiger partial charge < -0.3 is 23.8 Å². The van der Waals surface area contributed by atoms with Crippen molar-refractivity contribution in [1.29, 1.82) is 0 Å². The van der Waals surface area contributed by atoms with Crippen molar-refractivity contribution in [2.75, 3.05) is 39.4 Å². The van der Waals surface area contributed by atoms with Gasteiger partial charge in [-0.3, -0.25) is 9.59 Å². The summed E-state index contributed by atoms with van der Waals surface area (Å²) in [4.78, 5) is 25.9. The fourth-order valence-electron chi connectivity index (χ4n) is 2.94. The van der Waals surface area contributed by atoms with Crippen molar-refractivity contribution in [3.8, 4) is 17.2 Å². The van der Waals surface area contributed by atoms with E-state index in [0.29, 0.717) is 35.9 Å². The number of amides is 1. The first-order chi connectivity index (χ1) is 14.4. The third-order valence-electron chi connectivity index (χ3n) is 4.45. The average molecular weight is 419 g/mol. The molecule has 0 heterocycles. The Morgan fingerprint density at radius 1 is 0.967 bits per heavy atom. The summed E-state index contributed by atoms with van der Waals surface area (Å²) in [7, 11) is 4.54. The predicted molar refractivity (Wildman–Crippen MR) is 110 cm³/mol. The number of methoxy groups -OCH3 is 3. The van der Waals surface area contributed by atoms with Gasteiger partial charge in [0.1, 0.15) is 5.82 Å². The Labute approximate surface area is 175 Å². The van der Waals surface area contributed by atoms with E-state index >= 15 is 0 Å². The average Bonchev–Trinajstić information content (AvgIpc) is 2.77. The summed E-state index contributed by atoms with van der Waals surface area (Å²) >= 11 is 0. The lowest BCUT2D eigenvalue weighted by Crippen LogP contribution is -2.34. The third-order valence-corrected chi connectivity index (χ3v) is 4.45. The largest absolute Gasteiger partial charge is 0.493 e. The van der Waals surface area contributed by atoms with Crippen LogP contribution in [-0.2, 0) is 20.7 Å². The maximum absolute atomic E-state index is 13.1. The van der Waals surface area contributed by atoms with Gasteiger partial charge in [-0.2, -0.15) is 0 Å². The molecular formula is C22H26FNO6. The summed E-state index contributed by atoms with van der Waals surface area (Å²) in [5.41, 5.74) is 1.34. The Bertz CT molecular complexity index is 843. The smallest absolute Gasteiger partial charge is 0.306 e. The normalized spacial score (nSPS) is 10.3. The van der Waals surface area contributed by atoms with Crippen LogP contribution >= 0.6 is 0 Å². The van der Waals surface area contributed by atoms with Crippen molar-refractivity contribution in [3.63, 3.8) is 0 Å². The highest BCUT2D eigenvalue weighted by Crippen LogP contribution is 2.38. The van der Waals surface area contributed by atoms with Gasteiger partial charge in [0.05, 0.1) is 21.3 Å². The molecule has 8 heteroatoms. The second kappa shape index (κ2) is 11.0. The van der Waals surface area contributed by atoms with E-state index in [-0.39, 0.29) is 24.8 Å². The highest BCUT2D eigenvalue weighted by atomic mass is 19.1. The van der Waals surface area contributed by atoms with Gasteiger partial charge in [0, 0.05) is 18.7 Å². The number of aryl methyl sites for hydroxylation is 1. The summed E-state index contributed by atoms with van der Waals surface area (Å²) in [5.74, 6) is 0.178. The van der Waals surface area contributed by atoms with Gasteiger partial charge >= 0.3 is 5.97 Å². The molecule has 2 aromatic rings. The van der Waals surface area contributed by atoms with Crippen molar-refractivity contribution in [1.82, 2.24) is 0 Å². The number of ether oxygens (including phenoxy) is 4.